The third kappa shape index (κ3) is 5.85. The molecule has 2 heterocycles. The first kappa shape index (κ1) is 26.7. The third-order valence-electron chi connectivity index (χ3n) is 5.15. The van der Waals surface area contributed by atoms with Crippen LogP contribution in [0.5, 0.6) is 0 Å². The average molecular weight is 561 g/mol. The van der Waals surface area contributed by atoms with Crippen molar-refractivity contribution >= 4 is 40.1 Å². The largest absolute Gasteiger partial charge is 0.480 e. The number of aliphatic carboxylic acids is 1. The molecule has 0 saturated carbocycles. The molecule has 0 aliphatic heterocycles. The molecule has 0 aliphatic rings. The van der Waals surface area contributed by atoms with Crippen molar-refractivity contribution in [2.24, 2.45) is 0 Å². The normalized spacial score (nSPS) is 13.1. The van der Waals surface area contributed by atoms with Crippen molar-refractivity contribution in [2.75, 3.05) is 0 Å². The van der Waals surface area contributed by atoms with Gasteiger partial charge < -0.3 is 20.1 Å². The van der Waals surface area contributed by atoms with Crippen molar-refractivity contribution in [3.63, 3.8) is 0 Å². The first-order chi connectivity index (χ1) is 16.8. The second-order valence-corrected chi connectivity index (χ2v) is 9.92. The number of amides is 1. The van der Waals surface area contributed by atoms with Gasteiger partial charge in [-0.3, -0.25) is 9.59 Å². The first-order valence-corrected chi connectivity index (χ1v) is 11.6. The molecule has 0 fully saturated rings. The molecule has 2 aromatic heterocycles. The molecule has 0 radical (unpaired) electrons. The fourth-order valence-electron chi connectivity index (χ4n) is 3.45. The van der Waals surface area contributed by atoms with Crippen molar-refractivity contribution in [3.05, 3.63) is 51.1 Å². The topological polar surface area (TPSA) is 169 Å². The van der Waals surface area contributed by atoms with Crippen molar-refractivity contribution in [3.8, 4) is 11.5 Å². The van der Waals surface area contributed by atoms with Gasteiger partial charge in [-0.15, -0.1) is 10.2 Å². The number of ketones is 1. The molecule has 0 saturated heterocycles. The number of carbonyl (C=O) groups is 4. The number of alkyl carbamates (subject to hydrolysis) is 1. The van der Waals surface area contributed by atoms with Crippen LogP contribution in [0.2, 0.25) is 0 Å². The van der Waals surface area contributed by atoms with Crippen LogP contribution in [0.15, 0.2) is 28.7 Å². The minimum Gasteiger partial charge on any atom is -0.480 e. The molecule has 13 heteroatoms. The summed E-state index contributed by atoms with van der Waals surface area (Å²) in [6.45, 7) is 8.08. The second-order valence-electron chi connectivity index (χ2n) is 9.01. The minimum atomic E-state index is -1.43. The van der Waals surface area contributed by atoms with E-state index in [1.165, 1.54) is 6.92 Å². The molecule has 0 bridgehead atoms. The summed E-state index contributed by atoms with van der Waals surface area (Å²) < 4.78 is 5.85. The maximum Gasteiger partial charge on any atom is 0.408 e. The van der Waals surface area contributed by atoms with Crippen LogP contribution in [0, 0.1) is 6.92 Å². The van der Waals surface area contributed by atoms with Crippen molar-refractivity contribution in [1.29, 1.82) is 0 Å². The Morgan fingerprint density at radius 3 is 2.56 bits per heavy atom. The van der Waals surface area contributed by atoms with Gasteiger partial charge in [-0.1, -0.05) is 28.1 Å². The third-order valence-corrected chi connectivity index (χ3v) is 5.64. The quantitative estimate of drug-likeness (QED) is 0.276. The zero-order valence-electron chi connectivity index (χ0n) is 20.2. The van der Waals surface area contributed by atoms with Crippen LogP contribution in [0.3, 0.4) is 0 Å². The Labute approximate surface area is 214 Å². The van der Waals surface area contributed by atoms with E-state index in [1.54, 1.807) is 52.0 Å². The Balaban J connectivity index is 1.92. The van der Waals surface area contributed by atoms with Crippen LogP contribution in [0.25, 0.3) is 11.5 Å². The van der Waals surface area contributed by atoms with E-state index in [1.807, 2.05) is 0 Å². The molecular weight excluding hydrogens is 536 g/mol. The second kappa shape index (κ2) is 10.4. The lowest BCUT2D eigenvalue weighted by atomic mass is 9.99. The number of hydrogen-bond acceptors (Lipinski definition) is 8. The van der Waals surface area contributed by atoms with Crippen LogP contribution in [-0.4, -0.2) is 66.1 Å². The summed E-state index contributed by atoms with van der Waals surface area (Å²) >= 11 is 3.33. The van der Waals surface area contributed by atoms with Crippen LogP contribution >= 0.6 is 15.9 Å². The number of benzene rings is 1. The number of rotatable bonds is 8. The molecule has 1 aromatic carbocycles. The van der Waals surface area contributed by atoms with Gasteiger partial charge in [-0.25, -0.2) is 9.59 Å². The number of hydrogen-bond donors (Lipinski definition) is 3. The van der Waals surface area contributed by atoms with Crippen molar-refractivity contribution in [1.82, 2.24) is 30.5 Å². The summed E-state index contributed by atoms with van der Waals surface area (Å²) in [5, 5.41) is 24.1. The minimum absolute atomic E-state index is 0.0390. The Morgan fingerprint density at radius 1 is 1.28 bits per heavy atom. The summed E-state index contributed by atoms with van der Waals surface area (Å²) in [5.74, 6) is -1.66. The van der Waals surface area contributed by atoms with E-state index in [0.717, 1.165) is 4.80 Å². The molecular formula is C23H25BrN6O6. The summed E-state index contributed by atoms with van der Waals surface area (Å²) in [5.41, 5.74) is 0.478. The molecule has 0 aliphatic carbocycles. The molecule has 190 valence electrons. The highest BCUT2D eigenvalue weighted by molar-refractivity contribution is 9.10. The van der Waals surface area contributed by atoms with Gasteiger partial charge in [-0.05, 0) is 57.5 Å². The first-order valence-electron chi connectivity index (χ1n) is 10.8. The molecule has 12 nitrogen and oxygen atoms in total. The highest BCUT2D eigenvalue weighted by atomic mass is 79.9. The number of aromatic nitrogens is 5. The lowest BCUT2D eigenvalue weighted by Gasteiger charge is -2.24. The van der Waals surface area contributed by atoms with E-state index in [9.17, 15) is 24.3 Å². The van der Waals surface area contributed by atoms with E-state index in [-0.39, 0.29) is 28.6 Å². The molecule has 3 N–H and O–H groups in total. The summed E-state index contributed by atoms with van der Waals surface area (Å²) in [6, 6.07) is 4.37. The number of halogens is 1. The molecule has 3 rings (SSSR count). The Hall–Kier alpha value is -3.87. The van der Waals surface area contributed by atoms with Crippen molar-refractivity contribution in [2.45, 2.75) is 52.3 Å². The Kier molecular flexibility index (Phi) is 7.72. The van der Waals surface area contributed by atoms with E-state index in [4.69, 9.17) is 4.74 Å². The van der Waals surface area contributed by atoms with Gasteiger partial charge in [0.05, 0.1) is 17.0 Å². The number of carboxylic acid groups (broad SMARTS) is 1. The van der Waals surface area contributed by atoms with Gasteiger partial charge in [0.2, 0.25) is 5.82 Å². The fourth-order valence-corrected chi connectivity index (χ4v) is 3.85. The highest BCUT2D eigenvalue weighted by Gasteiger charge is 2.32. The van der Waals surface area contributed by atoms with Crippen LogP contribution < -0.4 is 5.32 Å². The van der Waals surface area contributed by atoms with Gasteiger partial charge in [-0.2, -0.15) is 4.80 Å². The van der Waals surface area contributed by atoms with Gasteiger partial charge in [0.1, 0.15) is 11.6 Å². The number of nitrogens with zero attached hydrogens (tertiary/aromatic N) is 4. The fraction of sp³-hybridized carbons (Fsp3) is 0.348. The predicted octanol–water partition coefficient (Wildman–Crippen LogP) is 3.32. The standard InChI is InChI=1S/C23H25BrN6O6/c1-11-16(19(32)13-7-6-8-14(24)9-13)15(10-31)25-17(11)20-27-29-30(28-20)12(2)18(21(33)34)26-22(35)36-23(3,4)5/h6-10,12,18,25H,1-5H3,(H,26,35)(H,33,34). The maximum atomic E-state index is 13.1. The van der Waals surface area contributed by atoms with E-state index in [2.05, 4.69) is 41.6 Å². The average Bonchev–Trinajstić information content (AvgIpc) is 3.39. The SMILES string of the molecule is Cc1c(-c2nnn(C(C)C(NC(=O)OC(C)(C)C)C(=O)O)n2)[nH]c(C=O)c1C(=O)c1cccc(Br)c1. The van der Waals surface area contributed by atoms with Gasteiger partial charge in [0.15, 0.2) is 18.1 Å². The smallest absolute Gasteiger partial charge is 0.408 e. The number of aromatic amines is 1. The molecule has 36 heavy (non-hydrogen) atoms. The number of nitrogens with one attached hydrogen (secondary N) is 2. The van der Waals surface area contributed by atoms with Gasteiger partial charge >= 0.3 is 12.1 Å². The lowest BCUT2D eigenvalue weighted by Crippen LogP contribution is -2.48. The van der Waals surface area contributed by atoms with E-state index < -0.39 is 29.7 Å². The maximum absolute atomic E-state index is 13.1. The Morgan fingerprint density at radius 2 is 1.97 bits per heavy atom. The summed E-state index contributed by atoms with van der Waals surface area (Å²) in [6.07, 6.45) is -0.381. The Bertz CT molecular complexity index is 1320. The zero-order valence-corrected chi connectivity index (χ0v) is 21.8. The number of aldehydes is 1. The summed E-state index contributed by atoms with van der Waals surface area (Å²) in [4.78, 5) is 52.7. The van der Waals surface area contributed by atoms with E-state index in [0.29, 0.717) is 21.9 Å². The van der Waals surface area contributed by atoms with Crippen LogP contribution in [0.1, 0.15) is 65.7 Å². The lowest BCUT2D eigenvalue weighted by molar-refractivity contribution is -0.140. The van der Waals surface area contributed by atoms with Gasteiger partial charge in [0, 0.05) is 10.0 Å². The van der Waals surface area contributed by atoms with Crippen LogP contribution in [-0.2, 0) is 9.53 Å². The number of tetrazole rings is 1. The number of ether oxygens (including phenoxy) is 1. The zero-order chi connectivity index (χ0) is 26.8. The van der Waals surface area contributed by atoms with Crippen LogP contribution in [0.4, 0.5) is 4.79 Å². The molecule has 3 aromatic rings. The summed E-state index contributed by atoms with van der Waals surface area (Å²) in [7, 11) is 0. The molecule has 2 atom stereocenters. The number of carboxylic acids is 1. The predicted molar refractivity (Wildman–Crippen MR) is 131 cm³/mol. The monoisotopic (exact) mass is 560 g/mol. The van der Waals surface area contributed by atoms with Crippen molar-refractivity contribution < 1.29 is 29.0 Å². The molecule has 0 spiro atoms. The highest BCUT2D eigenvalue weighted by Crippen LogP contribution is 2.27. The molecule has 1 amide bonds. The van der Waals surface area contributed by atoms with E-state index >= 15 is 0 Å². The number of carbonyl (C=O) groups excluding carboxylic acids is 3. The number of H-pyrrole nitrogens is 1. The van der Waals surface area contributed by atoms with Gasteiger partial charge in [0.25, 0.3) is 0 Å². The molecule has 2 unspecified atom stereocenters.